The molecule has 150 valence electrons. The standard InChI is InChI=1S/C19H33N3O3.HI/c1-3-24-13-5-11-20-18(21-12-7-17-6-4-14-25-17)22-16-19(8-9-19)10-15-23-2;/h4,6,14H,3,5,7-13,15-16H2,1-2H3,(H2,20,21,22);1H. The summed E-state index contributed by atoms with van der Waals surface area (Å²) in [6, 6.07) is 3.92. The highest BCUT2D eigenvalue weighted by atomic mass is 127. The molecule has 0 saturated heterocycles. The first kappa shape index (κ1) is 23.2. The molecule has 0 spiro atoms. The molecule has 2 rings (SSSR count). The van der Waals surface area contributed by atoms with Crippen molar-refractivity contribution in [2.45, 2.75) is 39.0 Å². The Morgan fingerprint density at radius 1 is 1.27 bits per heavy atom. The van der Waals surface area contributed by atoms with Gasteiger partial charge in [0.25, 0.3) is 0 Å². The lowest BCUT2D eigenvalue weighted by atomic mass is 10.0. The molecule has 0 amide bonds. The van der Waals surface area contributed by atoms with E-state index in [9.17, 15) is 0 Å². The summed E-state index contributed by atoms with van der Waals surface area (Å²) < 4.78 is 16.0. The van der Waals surface area contributed by atoms with Crippen molar-refractivity contribution in [3.8, 4) is 0 Å². The van der Waals surface area contributed by atoms with Gasteiger partial charge >= 0.3 is 0 Å². The Kier molecular flexibility index (Phi) is 12.0. The first-order valence-corrected chi connectivity index (χ1v) is 9.39. The van der Waals surface area contributed by atoms with E-state index < -0.39 is 0 Å². The summed E-state index contributed by atoms with van der Waals surface area (Å²) in [5, 5.41) is 6.82. The third-order valence-corrected chi connectivity index (χ3v) is 4.57. The van der Waals surface area contributed by atoms with E-state index >= 15 is 0 Å². The maximum absolute atomic E-state index is 5.39. The molecule has 1 aliphatic rings. The van der Waals surface area contributed by atoms with E-state index in [1.807, 2.05) is 19.1 Å². The monoisotopic (exact) mass is 479 g/mol. The van der Waals surface area contributed by atoms with Crippen molar-refractivity contribution in [2.24, 2.45) is 10.4 Å². The van der Waals surface area contributed by atoms with Crippen molar-refractivity contribution >= 4 is 29.9 Å². The van der Waals surface area contributed by atoms with Gasteiger partial charge in [-0.15, -0.1) is 24.0 Å². The van der Waals surface area contributed by atoms with E-state index in [1.165, 1.54) is 12.8 Å². The highest BCUT2D eigenvalue weighted by Crippen LogP contribution is 2.48. The van der Waals surface area contributed by atoms with Crippen molar-refractivity contribution in [1.29, 1.82) is 0 Å². The molecular formula is C19H34IN3O3. The molecule has 1 aliphatic carbocycles. The number of rotatable bonds is 13. The van der Waals surface area contributed by atoms with Gasteiger partial charge in [0, 0.05) is 53.0 Å². The third kappa shape index (κ3) is 9.23. The fraction of sp³-hybridized carbons (Fsp3) is 0.737. The van der Waals surface area contributed by atoms with Crippen LogP contribution in [0.15, 0.2) is 27.8 Å². The molecule has 1 aromatic heterocycles. The topological polar surface area (TPSA) is 68.0 Å². The molecule has 0 aliphatic heterocycles. The molecule has 1 saturated carbocycles. The van der Waals surface area contributed by atoms with E-state index in [2.05, 4.69) is 10.6 Å². The number of halogens is 1. The lowest BCUT2D eigenvalue weighted by Gasteiger charge is -2.15. The van der Waals surface area contributed by atoms with Crippen molar-refractivity contribution in [1.82, 2.24) is 10.6 Å². The highest BCUT2D eigenvalue weighted by molar-refractivity contribution is 14.0. The molecule has 1 aromatic rings. The van der Waals surface area contributed by atoms with Crippen molar-refractivity contribution in [2.75, 3.05) is 46.6 Å². The van der Waals surface area contributed by atoms with Gasteiger partial charge in [-0.3, -0.25) is 4.99 Å². The van der Waals surface area contributed by atoms with Gasteiger partial charge in [-0.25, -0.2) is 0 Å². The fourth-order valence-corrected chi connectivity index (χ4v) is 2.69. The van der Waals surface area contributed by atoms with Crippen LogP contribution in [0.5, 0.6) is 0 Å². The van der Waals surface area contributed by atoms with Crippen LogP contribution in [0.1, 0.15) is 38.4 Å². The SMILES string of the molecule is CCOCCCNC(=NCC1(CCOC)CC1)NCCc1ccco1.I. The third-order valence-electron chi connectivity index (χ3n) is 4.57. The zero-order valence-electron chi connectivity index (χ0n) is 16.1. The van der Waals surface area contributed by atoms with Crippen molar-refractivity contribution in [3.05, 3.63) is 24.2 Å². The zero-order valence-corrected chi connectivity index (χ0v) is 18.4. The van der Waals surface area contributed by atoms with Crippen LogP contribution < -0.4 is 10.6 Å². The zero-order chi connectivity index (χ0) is 17.8. The number of ether oxygens (including phenoxy) is 2. The summed E-state index contributed by atoms with van der Waals surface area (Å²) in [4.78, 5) is 4.81. The van der Waals surface area contributed by atoms with Crippen LogP contribution >= 0.6 is 24.0 Å². The summed E-state index contributed by atoms with van der Waals surface area (Å²) in [6.07, 6.45) is 7.14. The highest BCUT2D eigenvalue weighted by Gasteiger charge is 2.41. The Morgan fingerprint density at radius 2 is 2.08 bits per heavy atom. The van der Waals surface area contributed by atoms with Crippen molar-refractivity contribution in [3.63, 3.8) is 0 Å². The van der Waals surface area contributed by atoms with E-state index in [0.29, 0.717) is 5.41 Å². The maximum Gasteiger partial charge on any atom is 0.191 e. The smallest absolute Gasteiger partial charge is 0.191 e. The summed E-state index contributed by atoms with van der Waals surface area (Å²) in [6.45, 7) is 6.90. The van der Waals surface area contributed by atoms with Crippen LogP contribution in [0.25, 0.3) is 0 Å². The first-order valence-electron chi connectivity index (χ1n) is 9.39. The molecule has 0 radical (unpaired) electrons. The van der Waals surface area contributed by atoms with E-state index in [0.717, 1.165) is 70.4 Å². The molecule has 1 fully saturated rings. The normalized spacial score (nSPS) is 15.4. The number of hydrogen-bond donors (Lipinski definition) is 2. The van der Waals surface area contributed by atoms with Crippen LogP contribution in [-0.2, 0) is 15.9 Å². The molecule has 7 heteroatoms. The molecule has 1 heterocycles. The molecule has 26 heavy (non-hydrogen) atoms. The lowest BCUT2D eigenvalue weighted by Crippen LogP contribution is -2.39. The van der Waals surface area contributed by atoms with Gasteiger partial charge in [0.15, 0.2) is 5.96 Å². The van der Waals surface area contributed by atoms with E-state index in [-0.39, 0.29) is 24.0 Å². The number of nitrogens with one attached hydrogen (secondary N) is 2. The van der Waals surface area contributed by atoms with Crippen LogP contribution in [0.2, 0.25) is 0 Å². The predicted octanol–water partition coefficient (Wildman–Crippen LogP) is 3.22. The van der Waals surface area contributed by atoms with Gasteiger partial charge in [0.05, 0.1) is 6.26 Å². The summed E-state index contributed by atoms with van der Waals surface area (Å²) in [5.41, 5.74) is 0.358. The molecule has 6 nitrogen and oxygen atoms in total. The van der Waals surface area contributed by atoms with Gasteiger partial charge in [0.1, 0.15) is 5.76 Å². The van der Waals surface area contributed by atoms with Gasteiger partial charge in [0.2, 0.25) is 0 Å². The largest absolute Gasteiger partial charge is 0.469 e. The maximum atomic E-state index is 5.39. The van der Waals surface area contributed by atoms with Crippen LogP contribution in [-0.4, -0.2) is 52.5 Å². The number of furan rings is 1. The van der Waals surface area contributed by atoms with Gasteiger partial charge in [-0.2, -0.15) is 0 Å². The fourth-order valence-electron chi connectivity index (χ4n) is 2.69. The Bertz CT molecular complexity index is 490. The predicted molar refractivity (Wildman–Crippen MR) is 115 cm³/mol. The number of nitrogens with zero attached hydrogens (tertiary/aromatic N) is 1. The summed E-state index contributed by atoms with van der Waals surface area (Å²) in [7, 11) is 1.76. The molecule has 0 unspecified atom stereocenters. The van der Waals surface area contributed by atoms with Gasteiger partial charge in [-0.05, 0) is 50.2 Å². The Hall–Kier alpha value is -0.800. The number of methoxy groups -OCH3 is 1. The molecule has 0 atom stereocenters. The summed E-state index contributed by atoms with van der Waals surface area (Å²) in [5.74, 6) is 1.87. The second-order valence-electron chi connectivity index (χ2n) is 6.64. The van der Waals surface area contributed by atoms with Gasteiger partial charge in [-0.1, -0.05) is 0 Å². The average Bonchev–Trinajstić information content (AvgIpc) is 3.20. The average molecular weight is 479 g/mol. The minimum Gasteiger partial charge on any atom is -0.469 e. The number of guanidine groups is 1. The number of aliphatic imine (C=N–C) groups is 1. The van der Waals surface area contributed by atoms with Gasteiger partial charge < -0.3 is 24.5 Å². The first-order chi connectivity index (χ1) is 12.3. The van der Waals surface area contributed by atoms with E-state index in [4.69, 9.17) is 18.9 Å². The second-order valence-corrected chi connectivity index (χ2v) is 6.64. The molecule has 2 N–H and O–H groups in total. The minimum absolute atomic E-state index is 0. The lowest BCUT2D eigenvalue weighted by molar-refractivity contribution is 0.145. The quantitative estimate of drug-likeness (QED) is 0.197. The molecule has 0 aromatic carbocycles. The Morgan fingerprint density at radius 3 is 2.73 bits per heavy atom. The Balaban J connectivity index is 0.00000338. The second kappa shape index (κ2) is 13.4. The van der Waals surface area contributed by atoms with Crippen LogP contribution in [0, 0.1) is 5.41 Å². The summed E-state index contributed by atoms with van der Waals surface area (Å²) >= 11 is 0. The minimum atomic E-state index is 0. The molecular weight excluding hydrogens is 445 g/mol. The Labute approximate surface area is 174 Å². The molecule has 0 bridgehead atoms. The van der Waals surface area contributed by atoms with Crippen LogP contribution in [0.4, 0.5) is 0 Å². The van der Waals surface area contributed by atoms with Crippen LogP contribution in [0.3, 0.4) is 0 Å². The number of hydrogen-bond acceptors (Lipinski definition) is 4. The van der Waals surface area contributed by atoms with E-state index in [1.54, 1.807) is 13.4 Å². The van der Waals surface area contributed by atoms with Crippen molar-refractivity contribution < 1.29 is 13.9 Å².